The number of thiophene rings is 1. The highest BCUT2D eigenvalue weighted by Crippen LogP contribution is 2.46. The number of imide groups is 1. The monoisotopic (exact) mass is 413 g/mol. The van der Waals surface area contributed by atoms with E-state index in [0.717, 1.165) is 10.4 Å². The normalized spacial score (nSPS) is 28.6. The van der Waals surface area contributed by atoms with Crippen LogP contribution in [-0.2, 0) is 25.5 Å². The molecule has 0 unspecified atom stereocenters. The van der Waals surface area contributed by atoms with Gasteiger partial charge in [0, 0.05) is 13.0 Å². The number of amides is 2. The number of fused-ring (bicyclic) bond motifs is 1. The van der Waals surface area contributed by atoms with Crippen molar-refractivity contribution < 1.29 is 24.4 Å². The highest BCUT2D eigenvalue weighted by molar-refractivity contribution is 7.10. The van der Waals surface area contributed by atoms with E-state index in [1.54, 1.807) is 25.2 Å². The van der Waals surface area contributed by atoms with Gasteiger partial charge < -0.3 is 10.1 Å². The number of carbonyl (C=O) groups is 3. The second-order valence-corrected chi connectivity index (χ2v) is 8.53. The van der Waals surface area contributed by atoms with Gasteiger partial charge in [-0.1, -0.05) is 36.4 Å². The van der Waals surface area contributed by atoms with Crippen LogP contribution in [0.4, 0.5) is 0 Å². The largest absolute Gasteiger partial charge is 0.461 e. The first-order valence-corrected chi connectivity index (χ1v) is 10.9. The summed E-state index contributed by atoms with van der Waals surface area (Å²) in [5.74, 6) is -2.16. The summed E-state index contributed by atoms with van der Waals surface area (Å²) in [4.78, 5) is 42.2. The number of benzene rings is 1. The van der Waals surface area contributed by atoms with Crippen LogP contribution in [0.2, 0.25) is 0 Å². The molecule has 4 rings (SSSR count). The second kappa shape index (κ2) is 7.72. The topological polar surface area (TPSA) is 80.3 Å². The molecule has 0 aliphatic carbocycles. The van der Waals surface area contributed by atoms with E-state index in [1.807, 2.05) is 53.2 Å². The molecule has 1 aromatic carbocycles. The van der Waals surface area contributed by atoms with Gasteiger partial charge in [-0.3, -0.25) is 14.5 Å². The molecule has 152 valence electrons. The minimum absolute atomic E-state index is 0.184. The minimum atomic E-state index is -1.16. The summed E-state index contributed by atoms with van der Waals surface area (Å²) in [6, 6.07) is 13.3. The lowest BCUT2D eigenvalue weighted by atomic mass is 9.76. The summed E-state index contributed by atoms with van der Waals surface area (Å²) in [6.07, 6.45) is 0.340. The Labute approximate surface area is 173 Å². The number of nitrogens with zero attached hydrogens (tertiary/aromatic N) is 1. The van der Waals surface area contributed by atoms with Gasteiger partial charge in [0.2, 0.25) is 17.4 Å². The summed E-state index contributed by atoms with van der Waals surface area (Å²) < 4.78 is 5.48. The van der Waals surface area contributed by atoms with Crippen LogP contribution in [0.15, 0.2) is 47.8 Å². The molecular formula is C22H25N2O4S+. The van der Waals surface area contributed by atoms with Crippen molar-refractivity contribution in [3.63, 3.8) is 0 Å². The average Bonchev–Trinajstić information content (AvgIpc) is 3.41. The van der Waals surface area contributed by atoms with Crippen LogP contribution in [0.3, 0.4) is 0 Å². The van der Waals surface area contributed by atoms with E-state index in [2.05, 4.69) is 0 Å². The second-order valence-electron chi connectivity index (χ2n) is 7.56. The highest BCUT2D eigenvalue weighted by atomic mass is 32.1. The Balaban J connectivity index is 1.85. The number of quaternary nitrogens is 1. The molecule has 2 aromatic rings. The van der Waals surface area contributed by atoms with Crippen molar-refractivity contribution >= 4 is 29.1 Å². The van der Waals surface area contributed by atoms with Crippen LogP contribution in [0.1, 0.15) is 30.3 Å². The van der Waals surface area contributed by atoms with Crippen molar-refractivity contribution in [2.75, 3.05) is 13.2 Å². The summed E-state index contributed by atoms with van der Waals surface area (Å²) in [5, 5.41) is 3.89. The van der Waals surface area contributed by atoms with E-state index in [1.165, 1.54) is 4.90 Å². The molecule has 2 aliphatic rings. The van der Waals surface area contributed by atoms with E-state index in [9.17, 15) is 14.4 Å². The first-order valence-electron chi connectivity index (χ1n) is 9.99. The highest BCUT2D eigenvalue weighted by Gasteiger charge is 2.72. The molecule has 7 heteroatoms. The van der Waals surface area contributed by atoms with Crippen molar-refractivity contribution in [3.8, 4) is 0 Å². The van der Waals surface area contributed by atoms with E-state index < -0.39 is 23.3 Å². The molecule has 2 aliphatic heterocycles. The predicted molar refractivity (Wildman–Crippen MR) is 108 cm³/mol. The fourth-order valence-corrected chi connectivity index (χ4v) is 5.71. The lowest BCUT2D eigenvalue weighted by molar-refractivity contribution is -0.733. The number of carbonyl (C=O) groups excluding carboxylic acids is 3. The third-order valence-corrected chi connectivity index (χ3v) is 7.02. The Kier molecular flexibility index (Phi) is 5.27. The van der Waals surface area contributed by atoms with Crippen molar-refractivity contribution in [2.45, 2.75) is 31.8 Å². The number of rotatable bonds is 6. The van der Waals surface area contributed by atoms with E-state index in [0.29, 0.717) is 13.0 Å². The Morgan fingerprint density at radius 3 is 2.52 bits per heavy atom. The Hall–Kier alpha value is -2.51. The maximum Gasteiger partial charge on any atom is 0.369 e. The zero-order valence-corrected chi connectivity index (χ0v) is 17.4. The lowest BCUT2D eigenvalue weighted by Gasteiger charge is -2.29. The van der Waals surface area contributed by atoms with Gasteiger partial charge in [-0.05, 0) is 30.9 Å². The molecule has 29 heavy (non-hydrogen) atoms. The zero-order valence-electron chi connectivity index (χ0n) is 16.5. The van der Waals surface area contributed by atoms with Gasteiger partial charge >= 0.3 is 5.97 Å². The van der Waals surface area contributed by atoms with E-state index in [-0.39, 0.29) is 24.5 Å². The van der Waals surface area contributed by atoms with Gasteiger partial charge in [-0.15, -0.1) is 11.3 Å². The van der Waals surface area contributed by atoms with Crippen molar-refractivity contribution in [1.29, 1.82) is 0 Å². The molecule has 2 amide bonds. The SMILES string of the molecule is CCOC(=O)[C@]1(Cc2ccccc2)[NH2+][C@H](c2cccs2)[C@H]2C(=O)N(CC)C(=O)[C@@H]21. The number of nitrogens with two attached hydrogens (primary N) is 1. The van der Waals surface area contributed by atoms with Crippen LogP contribution >= 0.6 is 11.3 Å². The van der Waals surface area contributed by atoms with Gasteiger partial charge in [0.1, 0.15) is 17.9 Å². The first kappa shape index (κ1) is 19.8. The summed E-state index contributed by atoms with van der Waals surface area (Å²) in [6.45, 7) is 4.09. The average molecular weight is 414 g/mol. The van der Waals surface area contributed by atoms with Crippen molar-refractivity contribution in [3.05, 3.63) is 58.3 Å². The molecule has 0 saturated carbocycles. The number of likely N-dealkylation sites (tertiary alicyclic amines) is 1. The zero-order chi connectivity index (χ0) is 20.6. The molecule has 2 saturated heterocycles. The first-order chi connectivity index (χ1) is 14.0. The number of ether oxygens (including phenoxy) is 1. The van der Waals surface area contributed by atoms with Crippen LogP contribution < -0.4 is 5.32 Å². The van der Waals surface area contributed by atoms with E-state index >= 15 is 0 Å². The maximum atomic E-state index is 13.3. The van der Waals surface area contributed by atoms with Crippen LogP contribution in [0.25, 0.3) is 0 Å². The van der Waals surface area contributed by atoms with Crippen molar-refractivity contribution in [1.82, 2.24) is 4.90 Å². The fourth-order valence-electron chi connectivity index (χ4n) is 4.87. The number of esters is 1. The molecule has 0 bridgehead atoms. The van der Waals surface area contributed by atoms with Gasteiger partial charge in [0.15, 0.2) is 0 Å². The predicted octanol–water partition coefficient (Wildman–Crippen LogP) is 1.53. The number of hydrogen-bond acceptors (Lipinski definition) is 5. The van der Waals surface area contributed by atoms with Gasteiger partial charge in [0.05, 0.1) is 11.5 Å². The van der Waals surface area contributed by atoms with Gasteiger partial charge in [-0.25, -0.2) is 4.79 Å². The van der Waals surface area contributed by atoms with Crippen molar-refractivity contribution in [2.24, 2.45) is 11.8 Å². The minimum Gasteiger partial charge on any atom is -0.461 e. The molecule has 2 fully saturated rings. The number of hydrogen-bond donors (Lipinski definition) is 1. The van der Waals surface area contributed by atoms with Gasteiger partial charge in [-0.2, -0.15) is 0 Å². The Morgan fingerprint density at radius 2 is 1.90 bits per heavy atom. The molecule has 0 spiro atoms. The quantitative estimate of drug-likeness (QED) is 0.575. The smallest absolute Gasteiger partial charge is 0.369 e. The molecule has 0 radical (unpaired) electrons. The molecule has 1 aromatic heterocycles. The summed E-state index contributed by atoms with van der Waals surface area (Å²) in [5.41, 5.74) is -0.217. The summed E-state index contributed by atoms with van der Waals surface area (Å²) in [7, 11) is 0. The van der Waals surface area contributed by atoms with Gasteiger partial charge in [0.25, 0.3) is 0 Å². The maximum absolute atomic E-state index is 13.3. The van der Waals surface area contributed by atoms with E-state index in [4.69, 9.17) is 4.74 Å². The van der Waals surface area contributed by atoms with Crippen LogP contribution in [0, 0.1) is 11.8 Å². The summed E-state index contributed by atoms with van der Waals surface area (Å²) >= 11 is 1.55. The lowest BCUT2D eigenvalue weighted by Crippen LogP contribution is -2.98. The molecule has 2 N–H and O–H groups in total. The molecular weight excluding hydrogens is 388 g/mol. The molecule has 4 atom stereocenters. The molecule has 6 nitrogen and oxygen atoms in total. The standard InChI is InChI=1S/C22H24N2O4S/c1-3-24-19(25)16-17(20(24)26)22(21(27)28-4-2,13-14-9-6-5-7-10-14)23-18(16)15-11-8-12-29-15/h5-12,16-18,23H,3-4,13H2,1-2H3/p+1/t16-,17+,18+,22+/m0/s1. The third-order valence-electron chi connectivity index (χ3n) is 6.04. The Morgan fingerprint density at radius 1 is 1.14 bits per heavy atom. The molecule has 3 heterocycles. The van der Waals surface area contributed by atoms with Crippen LogP contribution in [0.5, 0.6) is 0 Å². The third kappa shape index (κ3) is 3.09. The fraction of sp³-hybridized carbons (Fsp3) is 0.409. The van der Waals surface area contributed by atoms with Crippen LogP contribution in [-0.4, -0.2) is 41.4 Å². The Bertz CT molecular complexity index is 914.